The van der Waals surface area contributed by atoms with Crippen LogP contribution in [0.2, 0.25) is 0 Å². The van der Waals surface area contributed by atoms with Crippen LogP contribution in [0.15, 0.2) is 30.3 Å². The molecule has 1 unspecified atom stereocenters. The molecule has 0 N–H and O–H groups in total. The lowest BCUT2D eigenvalue weighted by molar-refractivity contribution is -0.141. The van der Waals surface area contributed by atoms with Gasteiger partial charge in [-0.1, -0.05) is 30.3 Å². The van der Waals surface area contributed by atoms with Gasteiger partial charge in [0.25, 0.3) is 0 Å². The molecule has 0 amide bonds. The lowest BCUT2D eigenvalue weighted by Gasteiger charge is -2.04. The zero-order chi connectivity index (χ0) is 9.80. The fourth-order valence-corrected chi connectivity index (χ4v) is 1.79. The topological polar surface area (TPSA) is 26.3 Å². The molecule has 0 aliphatic carbocycles. The van der Waals surface area contributed by atoms with E-state index in [-0.39, 0.29) is 11.9 Å². The fourth-order valence-electron chi connectivity index (χ4n) is 1.79. The van der Waals surface area contributed by atoms with Crippen LogP contribution in [0.4, 0.5) is 0 Å². The third-order valence-electron chi connectivity index (χ3n) is 2.67. The minimum absolute atomic E-state index is 0.0130. The molecule has 2 nitrogen and oxygen atoms in total. The van der Waals surface area contributed by atoms with Gasteiger partial charge in [-0.3, -0.25) is 4.79 Å². The highest BCUT2D eigenvalue weighted by molar-refractivity contribution is 5.74. The van der Waals surface area contributed by atoms with Crippen molar-refractivity contribution in [3.8, 4) is 0 Å². The molecule has 0 spiro atoms. The summed E-state index contributed by atoms with van der Waals surface area (Å²) < 4.78 is 4.91. The maximum absolute atomic E-state index is 11.2. The van der Waals surface area contributed by atoms with Gasteiger partial charge in [-0.25, -0.2) is 0 Å². The van der Waals surface area contributed by atoms with Gasteiger partial charge in [0.1, 0.15) is 0 Å². The summed E-state index contributed by atoms with van der Waals surface area (Å²) in [5.74, 6) is 0.121. The summed E-state index contributed by atoms with van der Waals surface area (Å²) in [5.41, 5.74) is 1.30. The molecular weight excluding hydrogens is 176 g/mol. The van der Waals surface area contributed by atoms with Crippen LogP contribution < -0.4 is 0 Å². The van der Waals surface area contributed by atoms with Gasteiger partial charge in [0.2, 0.25) is 0 Å². The lowest BCUT2D eigenvalue weighted by atomic mass is 9.98. The number of benzene rings is 1. The molecule has 1 aromatic rings. The Kier molecular flexibility index (Phi) is 2.82. The Morgan fingerprint density at radius 1 is 1.29 bits per heavy atom. The van der Waals surface area contributed by atoms with Crippen LogP contribution in [-0.4, -0.2) is 12.6 Å². The van der Waals surface area contributed by atoms with E-state index in [0.717, 1.165) is 19.3 Å². The number of carbonyl (C=O) groups excluding carboxylic acids is 1. The first-order valence-electron chi connectivity index (χ1n) is 5.07. The summed E-state index contributed by atoms with van der Waals surface area (Å²) in [6.07, 6.45) is 2.79. The molecule has 1 aromatic carbocycles. The third-order valence-corrected chi connectivity index (χ3v) is 2.67. The summed E-state index contributed by atoms with van der Waals surface area (Å²) in [6, 6.07) is 10.3. The Labute approximate surface area is 83.9 Å². The predicted molar refractivity (Wildman–Crippen MR) is 53.8 cm³/mol. The average Bonchev–Trinajstić information content (AvgIpc) is 2.63. The molecule has 1 saturated heterocycles. The second-order valence-electron chi connectivity index (χ2n) is 3.68. The number of hydrogen-bond acceptors (Lipinski definition) is 2. The Balaban J connectivity index is 1.85. The van der Waals surface area contributed by atoms with E-state index in [9.17, 15) is 4.79 Å². The monoisotopic (exact) mass is 190 g/mol. The summed E-state index contributed by atoms with van der Waals surface area (Å²) in [5, 5.41) is 0. The number of carbonyl (C=O) groups is 1. The summed E-state index contributed by atoms with van der Waals surface area (Å²) in [7, 11) is 0. The number of cyclic esters (lactones) is 1. The first-order chi connectivity index (χ1) is 6.86. The Morgan fingerprint density at radius 3 is 2.71 bits per heavy atom. The van der Waals surface area contributed by atoms with Gasteiger partial charge >= 0.3 is 5.97 Å². The van der Waals surface area contributed by atoms with E-state index in [2.05, 4.69) is 12.1 Å². The van der Waals surface area contributed by atoms with Crippen molar-refractivity contribution < 1.29 is 9.53 Å². The van der Waals surface area contributed by atoms with Crippen LogP contribution in [0.1, 0.15) is 18.4 Å². The van der Waals surface area contributed by atoms with E-state index in [0.29, 0.717) is 6.61 Å². The average molecular weight is 190 g/mol. The van der Waals surface area contributed by atoms with E-state index in [1.165, 1.54) is 5.56 Å². The zero-order valence-corrected chi connectivity index (χ0v) is 8.11. The van der Waals surface area contributed by atoms with Gasteiger partial charge in [0, 0.05) is 0 Å². The van der Waals surface area contributed by atoms with E-state index < -0.39 is 0 Å². The first kappa shape index (κ1) is 9.25. The number of esters is 1. The number of ether oxygens (including phenoxy) is 1. The molecule has 0 bridgehead atoms. The van der Waals surface area contributed by atoms with Gasteiger partial charge in [-0.05, 0) is 24.8 Å². The maximum Gasteiger partial charge on any atom is 0.309 e. The van der Waals surface area contributed by atoms with Crippen molar-refractivity contribution >= 4 is 5.97 Å². The van der Waals surface area contributed by atoms with Crippen LogP contribution in [-0.2, 0) is 16.0 Å². The second-order valence-corrected chi connectivity index (χ2v) is 3.68. The molecule has 0 saturated carbocycles. The Bertz CT molecular complexity index is 305. The van der Waals surface area contributed by atoms with Crippen molar-refractivity contribution in [1.82, 2.24) is 0 Å². The van der Waals surface area contributed by atoms with Crippen molar-refractivity contribution in [3.63, 3.8) is 0 Å². The second kappa shape index (κ2) is 4.27. The highest BCUT2D eigenvalue weighted by atomic mass is 16.5. The summed E-state index contributed by atoms with van der Waals surface area (Å²) in [4.78, 5) is 11.2. The van der Waals surface area contributed by atoms with Crippen LogP contribution in [0.3, 0.4) is 0 Å². The molecule has 1 fully saturated rings. The van der Waals surface area contributed by atoms with Crippen molar-refractivity contribution in [2.24, 2.45) is 5.92 Å². The maximum atomic E-state index is 11.2. The van der Waals surface area contributed by atoms with Crippen LogP contribution in [0, 0.1) is 5.92 Å². The van der Waals surface area contributed by atoms with Crippen molar-refractivity contribution in [2.45, 2.75) is 19.3 Å². The molecule has 0 aromatic heterocycles. The molecule has 2 heteroatoms. The van der Waals surface area contributed by atoms with Gasteiger partial charge in [-0.15, -0.1) is 0 Å². The molecule has 1 aliphatic rings. The first-order valence-corrected chi connectivity index (χ1v) is 5.07. The minimum atomic E-state index is -0.0130. The summed E-state index contributed by atoms with van der Waals surface area (Å²) >= 11 is 0. The van der Waals surface area contributed by atoms with Crippen LogP contribution >= 0.6 is 0 Å². The van der Waals surface area contributed by atoms with Gasteiger partial charge in [0.15, 0.2) is 0 Å². The van der Waals surface area contributed by atoms with E-state index in [1.54, 1.807) is 0 Å². The van der Waals surface area contributed by atoms with E-state index in [4.69, 9.17) is 4.74 Å². The largest absolute Gasteiger partial charge is 0.465 e. The molecule has 74 valence electrons. The smallest absolute Gasteiger partial charge is 0.309 e. The quantitative estimate of drug-likeness (QED) is 0.683. The zero-order valence-electron chi connectivity index (χ0n) is 8.11. The summed E-state index contributed by atoms with van der Waals surface area (Å²) in [6.45, 7) is 0.609. The SMILES string of the molecule is O=C1OCCC1CCc1ccccc1. The Morgan fingerprint density at radius 2 is 2.07 bits per heavy atom. The third kappa shape index (κ3) is 2.13. The molecule has 1 aliphatic heterocycles. The molecular formula is C12H14O2. The number of hydrogen-bond donors (Lipinski definition) is 0. The van der Waals surface area contributed by atoms with Crippen molar-refractivity contribution in [1.29, 1.82) is 0 Å². The molecule has 14 heavy (non-hydrogen) atoms. The van der Waals surface area contributed by atoms with Crippen LogP contribution in [0.5, 0.6) is 0 Å². The highest BCUT2D eigenvalue weighted by Gasteiger charge is 2.25. The fraction of sp³-hybridized carbons (Fsp3) is 0.417. The molecule has 2 rings (SSSR count). The van der Waals surface area contributed by atoms with Gasteiger partial charge < -0.3 is 4.74 Å². The van der Waals surface area contributed by atoms with Gasteiger partial charge in [0.05, 0.1) is 12.5 Å². The predicted octanol–water partition coefficient (Wildman–Crippen LogP) is 2.18. The minimum Gasteiger partial charge on any atom is -0.465 e. The standard InChI is InChI=1S/C12H14O2/c13-12-11(8-9-14-12)7-6-10-4-2-1-3-5-10/h1-5,11H,6-9H2. The van der Waals surface area contributed by atoms with Crippen molar-refractivity contribution in [2.75, 3.05) is 6.61 Å². The van der Waals surface area contributed by atoms with Gasteiger partial charge in [-0.2, -0.15) is 0 Å². The van der Waals surface area contributed by atoms with Crippen molar-refractivity contribution in [3.05, 3.63) is 35.9 Å². The number of aryl methyl sites for hydroxylation is 1. The molecule has 1 heterocycles. The van der Waals surface area contributed by atoms with E-state index in [1.807, 2.05) is 18.2 Å². The number of rotatable bonds is 3. The normalized spacial score (nSPS) is 20.9. The van der Waals surface area contributed by atoms with E-state index >= 15 is 0 Å². The lowest BCUT2D eigenvalue weighted by Crippen LogP contribution is -2.08. The molecule has 0 radical (unpaired) electrons. The van der Waals surface area contributed by atoms with Crippen LogP contribution in [0.25, 0.3) is 0 Å². The highest BCUT2D eigenvalue weighted by Crippen LogP contribution is 2.20. The molecule has 1 atom stereocenters. The Hall–Kier alpha value is -1.31.